The Balaban J connectivity index is 0.00000218. The fourth-order valence-electron chi connectivity index (χ4n) is 3.97. The molecule has 0 saturated heterocycles. The van der Waals surface area contributed by atoms with E-state index in [-0.39, 0.29) is 24.2 Å². The van der Waals surface area contributed by atoms with Crippen LogP contribution in [0.2, 0.25) is 0 Å². The summed E-state index contributed by atoms with van der Waals surface area (Å²) in [5.41, 5.74) is 3.19. The highest BCUT2D eigenvalue weighted by Gasteiger charge is 2.59. The van der Waals surface area contributed by atoms with Crippen LogP contribution < -0.4 is 10.6 Å². The maximum absolute atomic E-state index is 12.7. The van der Waals surface area contributed by atoms with E-state index in [9.17, 15) is 4.79 Å². The highest BCUT2D eigenvalue weighted by Crippen LogP contribution is 2.55. The molecule has 2 aromatic rings. The van der Waals surface area contributed by atoms with Gasteiger partial charge in [-0.1, -0.05) is 30.0 Å². The normalized spacial score (nSPS) is 26.4. The molecule has 1 aromatic heterocycles. The van der Waals surface area contributed by atoms with Gasteiger partial charge in [0, 0.05) is 36.8 Å². The molecule has 2 aliphatic carbocycles. The smallest absolute Gasteiger partial charge is 0.255 e. The highest BCUT2D eigenvalue weighted by molar-refractivity contribution is 8.00. The summed E-state index contributed by atoms with van der Waals surface area (Å²) in [6, 6.07) is 9.93. The van der Waals surface area contributed by atoms with E-state index < -0.39 is 0 Å². The minimum Gasteiger partial charge on any atom is -0.498 e. The fourth-order valence-corrected chi connectivity index (χ4v) is 5.08. The topological polar surface area (TPSA) is 72.5 Å². The third-order valence-corrected chi connectivity index (χ3v) is 6.91. The Labute approximate surface area is 174 Å². The number of thioether (sulfide) groups is 1. The quantitative estimate of drug-likeness (QED) is 0.765. The first-order valence-electron chi connectivity index (χ1n) is 9.44. The molecule has 1 amide bonds. The van der Waals surface area contributed by atoms with Crippen LogP contribution in [0.25, 0.3) is 0 Å². The second-order valence-corrected chi connectivity index (χ2v) is 8.48. The van der Waals surface area contributed by atoms with E-state index in [1.807, 2.05) is 42.6 Å². The van der Waals surface area contributed by atoms with Crippen LogP contribution in [0.1, 0.15) is 18.8 Å². The summed E-state index contributed by atoms with van der Waals surface area (Å²) < 4.78 is 11.1. The highest BCUT2D eigenvalue weighted by atomic mass is 32.2. The molecular weight excluding hydrogens is 386 g/mol. The third kappa shape index (κ3) is 3.10. The maximum atomic E-state index is 12.7. The number of carbonyl (C=O) groups is 1. The van der Waals surface area contributed by atoms with Gasteiger partial charge in [0.2, 0.25) is 0 Å². The van der Waals surface area contributed by atoms with Crippen LogP contribution in [-0.2, 0) is 14.3 Å². The molecule has 3 unspecified atom stereocenters. The number of rotatable bonds is 5. The van der Waals surface area contributed by atoms with Gasteiger partial charge in [-0.15, -0.1) is 0 Å². The van der Waals surface area contributed by atoms with Gasteiger partial charge < -0.3 is 20.1 Å². The van der Waals surface area contributed by atoms with Gasteiger partial charge in [-0.05, 0) is 36.3 Å². The van der Waals surface area contributed by atoms with Crippen molar-refractivity contribution in [2.45, 2.75) is 22.3 Å². The maximum Gasteiger partial charge on any atom is 0.255 e. The lowest BCUT2D eigenvalue weighted by Gasteiger charge is -2.21. The Bertz CT molecular complexity index is 1020. The van der Waals surface area contributed by atoms with Gasteiger partial charge in [-0.3, -0.25) is 9.78 Å². The van der Waals surface area contributed by atoms with Gasteiger partial charge in [0.05, 0.1) is 19.0 Å². The lowest BCUT2D eigenvalue weighted by atomic mass is 10.0. The number of hydrogen-bond acceptors (Lipinski definition) is 6. The zero-order chi connectivity index (χ0) is 20.0. The molecule has 150 valence electrons. The van der Waals surface area contributed by atoms with Crippen LogP contribution >= 0.6 is 11.8 Å². The number of carbonyl (C=O) groups excluding carboxylic acids is 1. The molecule has 1 fully saturated rings. The van der Waals surface area contributed by atoms with Crippen LogP contribution in [0, 0.1) is 5.92 Å². The van der Waals surface area contributed by atoms with Gasteiger partial charge in [-0.2, -0.15) is 0 Å². The number of aromatic nitrogens is 1. The second-order valence-electron chi connectivity index (χ2n) is 7.33. The summed E-state index contributed by atoms with van der Waals surface area (Å²) in [4.78, 5) is 18.1. The van der Waals surface area contributed by atoms with Crippen molar-refractivity contribution < 1.29 is 15.7 Å². The molecule has 3 atom stereocenters. The van der Waals surface area contributed by atoms with E-state index in [4.69, 9.17) is 9.47 Å². The molecule has 1 saturated carbocycles. The van der Waals surface area contributed by atoms with E-state index in [1.165, 1.54) is 4.90 Å². The molecule has 5 rings (SSSR count). The Hall–Kier alpha value is -2.77. The predicted octanol–water partition coefficient (Wildman–Crippen LogP) is 4.36. The largest absolute Gasteiger partial charge is 0.498 e. The Morgan fingerprint density at radius 1 is 1.31 bits per heavy atom. The monoisotopic (exact) mass is 409 g/mol. The molecule has 1 aliphatic heterocycles. The summed E-state index contributed by atoms with van der Waals surface area (Å²) in [6.07, 6.45) is 8.24. The number of nitrogens with zero attached hydrogens (tertiary/aromatic N) is 1. The molecule has 2 heterocycles. The van der Waals surface area contributed by atoms with E-state index in [1.54, 1.807) is 38.3 Å². The van der Waals surface area contributed by atoms with Crippen molar-refractivity contribution >= 4 is 29.0 Å². The Morgan fingerprint density at radius 3 is 2.86 bits per heavy atom. The van der Waals surface area contributed by atoms with Crippen molar-refractivity contribution in [2.75, 3.05) is 24.9 Å². The van der Waals surface area contributed by atoms with Crippen LogP contribution in [0.3, 0.4) is 0 Å². The van der Waals surface area contributed by atoms with Gasteiger partial charge in [-0.25, -0.2) is 0 Å². The van der Waals surface area contributed by atoms with Crippen molar-refractivity contribution in [3.05, 3.63) is 71.8 Å². The molecule has 0 radical (unpaired) electrons. The standard InChI is InChI=1S/C22H21N3O3S.H2/c1-27-19-10-14(9-15-11-22(15,19)28-2)20(26)24-16-5-3-13(4-6-16)21-25-17-12-23-8-7-18(17)29-21;/h3-10,12,15,21,25H,11H2,1-2H3,(H,24,26);1H. The van der Waals surface area contributed by atoms with Crippen molar-refractivity contribution in [1.82, 2.24) is 4.98 Å². The molecule has 7 heteroatoms. The van der Waals surface area contributed by atoms with E-state index in [2.05, 4.69) is 15.6 Å². The fraction of sp³-hybridized carbons (Fsp3) is 0.273. The van der Waals surface area contributed by atoms with Crippen LogP contribution in [0.15, 0.2) is 71.1 Å². The molecule has 3 aliphatic rings. The zero-order valence-electron chi connectivity index (χ0n) is 16.1. The van der Waals surface area contributed by atoms with Gasteiger partial charge in [0.25, 0.3) is 5.91 Å². The number of pyridine rings is 1. The number of hydrogen-bond donors (Lipinski definition) is 2. The Kier molecular flexibility index (Phi) is 4.37. The number of benzene rings is 1. The molecule has 29 heavy (non-hydrogen) atoms. The Morgan fingerprint density at radius 2 is 2.14 bits per heavy atom. The summed E-state index contributed by atoms with van der Waals surface area (Å²) in [7, 11) is 3.30. The first-order chi connectivity index (χ1) is 14.1. The third-order valence-electron chi connectivity index (χ3n) is 5.68. The number of nitrogens with one attached hydrogen (secondary N) is 2. The summed E-state index contributed by atoms with van der Waals surface area (Å²) >= 11 is 1.76. The first-order valence-corrected chi connectivity index (χ1v) is 10.3. The van der Waals surface area contributed by atoms with Gasteiger partial charge in [0.15, 0.2) is 0 Å². The molecule has 6 nitrogen and oxygen atoms in total. The molecule has 0 bridgehead atoms. The average molecular weight is 410 g/mol. The zero-order valence-corrected chi connectivity index (χ0v) is 17.0. The first kappa shape index (κ1) is 18.3. The lowest BCUT2D eigenvalue weighted by Crippen LogP contribution is -2.24. The molecule has 0 spiro atoms. The van der Waals surface area contributed by atoms with E-state index in [0.29, 0.717) is 11.3 Å². The predicted molar refractivity (Wildman–Crippen MR) is 115 cm³/mol. The van der Waals surface area contributed by atoms with E-state index in [0.717, 1.165) is 23.4 Å². The van der Waals surface area contributed by atoms with Crippen LogP contribution in [0.5, 0.6) is 0 Å². The van der Waals surface area contributed by atoms with Crippen molar-refractivity contribution in [3.63, 3.8) is 0 Å². The second kappa shape index (κ2) is 6.93. The van der Waals surface area contributed by atoms with Crippen LogP contribution in [-0.4, -0.2) is 30.7 Å². The number of ether oxygens (including phenoxy) is 2. The van der Waals surface area contributed by atoms with Crippen molar-refractivity contribution in [1.29, 1.82) is 0 Å². The summed E-state index contributed by atoms with van der Waals surface area (Å²) in [5.74, 6) is 0.763. The van der Waals surface area contributed by atoms with Gasteiger partial charge >= 0.3 is 0 Å². The number of fused-ring (bicyclic) bond motifs is 2. The molecular formula is C22H23N3O3S. The number of anilines is 2. The number of methoxy groups -OCH3 is 2. The number of amides is 1. The van der Waals surface area contributed by atoms with Crippen molar-refractivity contribution in [3.8, 4) is 0 Å². The molecule has 2 N–H and O–H groups in total. The van der Waals surface area contributed by atoms with Crippen LogP contribution in [0.4, 0.5) is 11.4 Å². The average Bonchev–Trinajstić information content (AvgIpc) is 3.34. The summed E-state index contributed by atoms with van der Waals surface area (Å²) in [5, 5.41) is 6.58. The van der Waals surface area contributed by atoms with Gasteiger partial charge in [0.1, 0.15) is 16.7 Å². The SMILES string of the molecule is COC1=CC(C(=O)Nc2ccc(C3Nc4cnccc4S3)cc2)=CC2CC12OC.[HH]. The lowest BCUT2D eigenvalue weighted by molar-refractivity contribution is -0.112. The van der Waals surface area contributed by atoms with Crippen molar-refractivity contribution in [2.24, 2.45) is 5.92 Å². The molecule has 1 aromatic carbocycles. The minimum absolute atomic E-state index is 0. The van der Waals surface area contributed by atoms with E-state index >= 15 is 0 Å². The minimum atomic E-state index is -0.376. The summed E-state index contributed by atoms with van der Waals surface area (Å²) in [6.45, 7) is 0.